The van der Waals surface area contributed by atoms with Crippen LogP contribution in [0.4, 0.5) is 5.69 Å². The summed E-state index contributed by atoms with van der Waals surface area (Å²) in [6, 6.07) is 12.4. The molecule has 1 N–H and O–H groups in total. The summed E-state index contributed by atoms with van der Waals surface area (Å²) in [4.78, 5) is 0. The molecule has 1 aliphatic heterocycles. The van der Waals surface area contributed by atoms with Crippen molar-refractivity contribution in [3.8, 4) is 5.75 Å². The third-order valence-corrected chi connectivity index (χ3v) is 5.45. The van der Waals surface area contributed by atoms with Gasteiger partial charge in [0, 0.05) is 10.9 Å². The molecular formula is C20H19Cl2NO. The predicted octanol–water partition coefficient (Wildman–Crippen LogP) is 6.22. The second kappa shape index (κ2) is 6.34. The van der Waals surface area contributed by atoms with E-state index in [-0.39, 0.29) is 6.04 Å². The third-order valence-electron chi connectivity index (χ3n) is 4.94. The van der Waals surface area contributed by atoms with E-state index in [0.717, 1.165) is 17.9 Å². The van der Waals surface area contributed by atoms with E-state index in [2.05, 4.69) is 29.6 Å². The number of hydrogen-bond acceptors (Lipinski definition) is 2. The third kappa shape index (κ3) is 2.68. The second-order valence-electron chi connectivity index (χ2n) is 6.33. The number of allylic oxidation sites excluding steroid dienone is 2. The fourth-order valence-corrected chi connectivity index (χ4v) is 4.45. The molecule has 1 heterocycles. The van der Waals surface area contributed by atoms with Crippen molar-refractivity contribution < 1.29 is 4.74 Å². The van der Waals surface area contributed by atoms with Crippen LogP contribution in [-0.2, 0) is 0 Å². The topological polar surface area (TPSA) is 21.3 Å². The fourth-order valence-electron chi connectivity index (χ4n) is 3.89. The minimum Gasteiger partial charge on any atom is -0.494 e. The highest BCUT2D eigenvalue weighted by molar-refractivity contribution is 6.36. The van der Waals surface area contributed by atoms with Crippen molar-refractivity contribution in [2.24, 2.45) is 5.92 Å². The average molecular weight is 360 g/mol. The van der Waals surface area contributed by atoms with E-state index in [1.54, 1.807) is 0 Å². The highest BCUT2D eigenvalue weighted by atomic mass is 35.5. The maximum atomic E-state index is 6.47. The maximum absolute atomic E-state index is 6.47. The summed E-state index contributed by atoms with van der Waals surface area (Å²) in [6.07, 6.45) is 5.61. The number of nitrogens with one attached hydrogen (secondary N) is 1. The molecule has 2 nitrogen and oxygen atoms in total. The molecular weight excluding hydrogens is 341 g/mol. The number of anilines is 1. The molecule has 4 rings (SSSR count). The van der Waals surface area contributed by atoms with E-state index in [0.29, 0.717) is 28.5 Å². The molecule has 0 radical (unpaired) electrons. The first-order chi connectivity index (χ1) is 11.7. The highest BCUT2D eigenvalue weighted by Crippen LogP contribution is 2.52. The molecule has 2 aromatic rings. The lowest BCUT2D eigenvalue weighted by atomic mass is 9.77. The van der Waals surface area contributed by atoms with Crippen molar-refractivity contribution in [3.63, 3.8) is 0 Å². The number of fused-ring (bicyclic) bond motifs is 3. The molecule has 3 unspecified atom stereocenters. The molecule has 2 aliphatic rings. The summed E-state index contributed by atoms with van der Waals surface area (Å²) in [6.45, 7) is 2.68. The SMILES string of the molecule is CCOc1ccc(C2Nc3c(Cl)cc(Cl)cc3C3C=CCC32)cc1. The first-order valence-corrected chi connectivity index (χ1v) is 9.08. The Labute approximate surface area is 152 Å². The van der Waals surface area contributed by atoms with Crippen molar-refractivity contribution in [1.29, 1.82) is 0 Å². The summed E-state index contributed by atoms with van der Waals surface area (Å²) >= 11 is 12.7. The Balaban J connectivity index is 1.72. The van der Waals surface area contributed by atoms with Crippen LogP contribution >= 0.6 is 23.2 Å². The predicted molar refractivity (Wildman–Crippen MR) is 100 cm³/mol. The summed E-state index contributed by atoms with van der Waals surface area (Å²) < 4.78 is 5.55. The second-order valence-corrected chi connectivity index (χ2v) is 7.17. The zero-order valence-electron chi connectivity index (χ0n) is 13.4. The van der Waals surface area contributed by atoms with Crippen LogP contribution in [0.25, 0.3) is 0 Å². The number of hydrogen-bond donors (Lipinski definition) is 1. The van der Waals surface area contributed by atoms with Crippen LogP contribution in [0, 0.1) is 5.92 Å². The number of benzene rings is 2. The number of halogens is 2. The van der Waals surface area contributed by atoms with E-state index in [4.69, 9.17) is 27.9 Å². The minimum absolute atomic E-state index is 0.229. The lowest BCUT2D eigenvalue weighted by molar-refractivity contribution is 0.340. The van der Waals surface area contributed by atoms with E-state index in [1.807, 2.05) is 31.2 Å². The van der Waals surface area contributed by atoms with Gasteiger partial charge in [-0.15, -0.1) is 0 Å². The molecule has 4 heteroatoms. The lowest BCUT2D eigenvalue weighted by Gasteiger charge is -2.38. The first-order valence-electron chi connectivity index (χ1n) is 8.32. The van der Waals surface area contributed by atoms with Crippen LogP contribution in [-0.4, -0.2) is 6.61 Å². The number of rotatable bonds is 3. The van der Waals surface area contributed by atoms with Gasteiger partial charge in [0.1, 0.15) is 5.75 Å². The molecule has 0 aromatic heterocycles. The van der Waals surface area contributed by atoms with Crippen molar-refractivity contribution in [2.75, 3.05) is 11.9 Å². The van der Waals surface area contributed by atoms with Crippen LogP contribution in [0.5, 0.6) is 5.75 Å². The summed E-state index contributed by atoms with van der Waals surface area (Å²) in [5.41, 5.74) is 3.47. The van der Waals surface area contributed by atoms with Crippen LogP contribution < -0.4 is 10.1 Å². The Morgan fingerprint density at radius 3 is 2.71 bits per heavy atom. The van der Waals surface area contributed by atoms with Gasteiger partial charge in [-0.1, -0.05) is 47.5 Å². The Morgan fingerprint density at radius 1 is 1.17 bits per heavy atom. The largest absolute Gasteiger partial charge is 0.494 e. The maximum Gasteiger partial charge on any atom is 0.119 e. The summed E-state index contributed by atoms with van der Waals surface area (Å²) in [5, 5.41) is 5.04. The van der Waals surface area contributed by atoms with Gasteiger partial charge in [-0.2, -0.15) is 0 Å². The van der Waals surface area contributed by atoms with Crippen LogP contribution in [0.2, 0.25) is 10.0 Å². The summed E-state index contributed by atoms with van der Waals surface area (Å²) in [7, 11) is 0. The molecule has 0 bridgehead atoms. The van der Waals surface area contributed by atoms with Gasteiger partial charge in [0.25, 0.3) is 0 Å². The van der Waals surface area contributed by atoms with Crippen LogP contribution in [0.1, 0.15) is 36.4 Å². The Bertz CT molecular complexity index is 785. The summed E-state index contributed by atoms with van der Waals surface area (Å²) in [5.74, 6) is 1.74. The van der Waals surface area contributed by atoms with Crippen molar-refractivity contribution in [3.05, 3.63) is 69.7 Å². The normalized spacial score (nSPS) is 24.2. The molecule has 124 valence electrons. The van der Waals surface area contributed by atoms with Gasteiger partial charge in [0.2, 0.25) is 0 Å². The molecule has 0 saturated carbocycles. The smallest absolute Gasteiger partial charge is 0.119 e. The van der Waals surface area contributed by atoms with E-state index < -0.39 is 0 Å². The van der Waals surface area contributed by atoms with Crippen LogP contribution in [0.15, 0.2) is 48.6 Å². The Morgan fingerprint density at radius 2 is 1.96 bits per heavy atom. The quantitative estimate of drug-likeness (QED) is 0.656. The lowest BCUT2D eigenvalue weighted by Crippen LogP contribution is -2.29. The van der Waals surface area contributed by atoms with Gasteiger partial charge in [-0.25, -0.2) is 0 Å². The van der Waals surface area contributed by atoms with E-state index >= 15 is 0 Å². The van der Waals surface area contributed by atoms with Crippen molar-refractivity contribution in [2.45, 2.75) is 25.3 Å². The van der Waals surface area contributed by atoms with Gasteiger partial charge in [0.05, 0.1) is 23.4 Å². The fraction of sp³-hybridized carbons (Fsp3) is 0.300. The van der Waals surface area contributed by atoms with Crippen molar-refractivity contribution >= 4 is 28.9 Å². The average Bonchev–Trinajstić information content (AvgIpc) is 3.05. The molecule has 24 heavy (non-hydrogen) atoms. The van der Waals surface area contributed by atoms with Crippen LogP contribution in [0.3, 0.4) is 0 Å². The molecule has 1 aliphatic carbocycles. The zero-order valence-corrected chi connectivity index (χ0v) is 14.9. The molecule has 3 atom stereocenters. The van der Waals surface area contributed by atoms with Gasteiger partial charge in [-0.05, 0) is 54.7 Å². The zero-order chi connectivity index (χ0) is 16.7. The molecule has 0 spiro atoms. The standard InChI is InChI=1S/C20H19Cl2NO/c1-2-24-14-8-6-12(7-9-14)19-16-5-3-4-15(16)17-10-13(21)11-18(22)20(17)23-19/h3-4,6-11,15-16,19,23H,2,5H2,1H3. The molecule has 0 fully saturated rings. The van der Waals surface area contributed by atoms with E-state index in [1.165, 1.54) is 11.1 Å². The first kappa shape index (κ1) is 15.9. The highest BCUT2D eigenvalue weighted by Gasteiger charge is 2.38. The Kier molecular flexibility index (Phi) is 4.19. The van der Waals surface area contributed by atoms with Gasteiger partial charge >= 0.3 is 0 Å². The van der Waals surface area contributed by atoms with Gasteiger partial charge in [0.15, 0.2) is 0 Å². The van der Waals surface area contributed by atoms with E-state index in [9.17, 15) is 0 Å². The van der Waals surface area contributed by atoms with Gasteiger partial charge < -0.3 is 10.1 Å². The minimum atomic E-state index is 0.229. The molecule has 0 amide bonds. The number of ether oxygens (including phenoxy) is 1. The Hall–Kier alpha value is -1.64. The van der Waals surface area contributed by atoms with Crippen molar-refractivity contribution in [1.82, 2.24) is 0 Å². The molecule has 2 aromatic carbocycles. The molecule has 0 saturated heterocycles. The van der Waals surface area contributed by atoms with Gasteiger partial charge in [-0.3, -0.25) is 0 Å². The monoisotopic (exact) mass is 359 g/mol.